The Bertz CT molecular complexity index is 610. The zero-order valence-corrected chi connectivity index (χ0v) is 13.4. The van der Waals surface area contributed by atoms with Gasteiger partial charge in [0.25, 0.3) is 5.91 Å². The number of rotatable bonds is 3. The number of nitrogens with zero attached hydrogens (tertiary/aromatic N) is 2. The van der Waals surface area contributed by atoms with Crippen molar-refractivity contribution in [2.45, 2.75) is 19.9 Å². The molecule has 1 aromatic heterocycles. The van der Waals surface area contributed by atoms with E-state index in [1.54, 1.807) is 23.2 Å². The van der Waals surface area contributed by atoms with Gasteiger partial charge in [-0.3, -0.25) is 4.79 Å². The molecule has 3 nitrogen and oxygen atoms in total. The predicted molar refractivity (Wildman–Crippen MR) is 83.6 cm³/mol. The molecule has 2 rings (SSSR count). The van der Waals surface area contributed by atoms with Gasteiger partial charge in [-0.05, 0) is 47.5 Å². The van der Waals surface area contributed by atoms with E-state index in [0.29, 0.717) is 10.2 Å². The van der Waals surface area contributed by atoms with E-state index >= 15 is 0 Å². The number of amides is 1. The molecule has 1 heterocycles. The van der Waals surface area contributed by atoms with Crippen LogP contribution < -0.4 is 0 Å². The van der Waals surface area contributed by atoms with Crippen molar-refractivity contribution in [1.82, 2.24) is 9.88 Å². The Morgan fingerprint density at radius 1 is 1.25 bits per heavy atom. The van der Waals surface area contributed by atoms with Crippen LogP contribution >= 0.6 is 15.9 Å². The lowest BCUT2D eigenvalue weighted by Gasteiger charge is -2.25. The average Bonchev–Trinajstić information content (AvgIpc) is 2.46. The SMILES string of the molecule is Cc1ccc(C(C)N(C)C(=O)c2ccnc(Br)c2)cc1. The fraction of sp³-hybridized carbons (Fsp3) is 0.250. The minimum Gasteiger partial charge on any atom is -0.335 e. The molecule has 0 N–H and O–H groups in total. The van der Waals surface area contributed by atoms with Crippen molar-refractivity contribution in [3.8, 4) is 0 Å². The van der Waals surface area contributed by atoms with E-state index in [1.807, 2.05) is 14.0 Å². The van der Waals surface area contributed by atoms with E-state index in [-0.39, 0.29) is 11.9 Å². The number of carbonyl (C=O) groups is 1. The number of carbonyl (C=O) groups excluding carboxylic acids is 1. The monoisotopic (exact) mass is 332 g/mol. The third kappa shape index (κ3) is 3.25. The number of aromatic nitrogens is 1. The van der Waals surface area contributed by atoms with E-state index in [0.717, 1.165) is 5.56 Å². The molecule has 1 atom stereocenters. The summed E-state index contributed by atoms with van der Waals surface area (Å²) < 4.78 is 0.666. The molecule has 0 saturated heterocycles. The van der Waals surface area contributed by atoms with E-state index in [1.165, 1.54) is 5.56 Å². The zero-order chi connectivity index (χ0) is 14.7. The van der Waals surface area contributed by atoms with Crippen LogP contribution in [0.15, 0.2) is 47.2 Å². The van der Waals surface area contributed by atoms with Gasteiger partial charge in [0.15, 0.2) is 0 Å². The van der Waals surface area contributed by atoms with Crippen LogP contribution in [0.25, 0.3) is 0 Å². The Kier molecular flexibility index (Phi) is 4.55. The Labute approximate surface area is 127 Å². The van der Waals surface area contributed by atoms with Crippen molar-refractivity contribution in [1.29, 1.82) is 0 Å². The van der Waals surface area contributed by atoms with Crippen molar-refractivity contribution in [2.75, 3.05) is 7.05 Å². The third-order valence-corrected chi connectivity index (χ3v) is 3.87. The van der Waals surface area contributed by atoms with Gasteiger partial charge in [-0.1, -0.05) is 29.8 Å². The minimum absolute atomic E-state index is 0.0128. The van der Waals surface area contributed by atoms with E-state index in [9.17, 15) is 4.79 Å². The lowest BCUT2D eigenvalue weighted by atomic mass is 10.0. The topological polar surface area (TPSA) is 33.2 Å². The maximum atomic E-state index is 12.5. The summed E-state index contributed by atoms with van der Waals surface area (Å²) in [6, 6.07) is 11.7. The molecule has 20 heavy (non-hydrogen) atoms. The summed E-state index contributed by atoms with van der Waals surface area (Å²) >= 11 is 3.29. The first-order valence-corrected chi connectivity index (χ1v) is 7.23. The van der Waals surface area contributed by atoms with E-state index in [4.69, 9.17) is 0 Å². The maximum Gasteiger partial charge on any atom is 0.254 e. The van der Waals surface area contributed by atoms with Crippen LogP contribution in [0.4, 0.5) is 0 Å². The molecular formula is C16H17BrN2O. The molecule has 104 valence electrons. The number of hydrogen-bond donors (Lipinski definition) is 0. The third-order valence-electron chi connectivity index (χ3n) is 3.43. The van der Waals surface area contributed by atoms with Gasteiger partial charge in [-0.2, -0.15) is 0 Å². The van der Waals surface area contributed by atoms with Crippen LogP contribution in [0.2, 0.25) is 0 Å². The first kappa shape index (κ1) is 14.7. The highest BCUT2D eigenvalue weighted by Crippen LogP contribution is 2.21. The van der Waals surface area contributed by atoms with Crippen molar-refractivity contribution in [3.63, 3.8) is 0 Å². The second kappa shape index (κ2) is 6.18. The molecule has 0 aliphatic rings. The highest BCUT2D eigenvalue weighted by Gasteiger charge is 2.19. The first-order valence-electron chi connectivity index (χ1n) is 6.44. The maximum absolute atomic E-state index is 12.5. The average molecular weight is 333 g/mol. The molecule has 1 amide bonds. The van der Waals surface area contributed by atoms with Crippen LogP contribution in [-0.4, -0.2) is 22.8 Å². The van der Waals surface area contributed by atoms with Gasteiger partial charge in [0, 0.05) is 18.8 Å². The zero-order valence-electron chi connectivity index (χ0n) is 11.8. The Morgan fingerprint density at radius 2 is 1.90 bits per heavy atom. The summed E-state index contributed by atoms with van der Waals surface area (Å²) in [5.41, 5.74) is 2.97. The fourth-order valence-electron chi connectivity index (χ4n) is 1.98. The summed E-state index contributed by atoms with van der Waals surface area (Å²) in [4.78, 5) is 18.2. The van der Waals surface area contributed by atoms with Crippen LogP contribution in [0, 0.1) is 6.92 Å². The quantitative estimate of drug-likeness (QED) is 0.796. The summed E-state index contributed by atoms with van der Waals surface area (Å²) in [5.74, 6) is -0.0128. The van der Waals surface area contributed by atoms with E-state index < -0.39 is 0 Å². The molecular weight excluding hydrogens is 316 g/mol. The molecule has 1 unspecified atom stereocenters. The number of benzene rings is 1. The lowest BCUT2D eigenvalue weighted by Crippen LogP contribution is -2.29. The highest BCUT2D eigenvalue weighted by molar-refractivity contribution is 9.10. The Balaban J connectivity index is 2.20. The summed E-state index contributed by atoms with van der Waals surface area (Å²) in [5, 5.41) is 0. The number of halogens is 1. The first-order chi connectivity index (χ1) is 9.49. The minimum atomic E-state index is -0.0128. The normalized spacial score (nSPS) is 12.0. The number of hydrogen-bond acceptors (Lipinski definition) is 2. The molecule has 0 bridgehead atoms. The van der Waals surface area contributed by atoms with Crippen molar-refractivity contribution < 1.29 is 4.79 Å². The summed E-state index contributed by atoms with van der Waals surface area (Å²) in [6.45, 7) is 4.08. The smallest absolute Gasteiger partial charge is 0.254 e. The molecule has 4 heteroatoms. The second-order valence-corrected chi connectivity index (χ2v) is 5.68. The highest BCUT2D eigenvalue weighted by atomic mass is 79.9. The standard InChI is InChI=1S/C16H17BrN2O/c1-11-4-6-13(7-5-11)12(2)19(3)16(20)14-8-9-18-15(17)10-14/h4-10,12H,1-3H3. The van der Waals surface area contributed by atoms with Crippen LogP contribution in [-0.2, 0) is 0 Å². The van der Waals surface area contributed by atoms with Crippen molar-refractivity contribution in [2.24, 2.45) is 0 Å². The van der Waals surface area contributed by atoms with Gasteiger partial charge < -0.3 is 4.90 Å². The number of aryl methyl sites for hydroxylation is 1. The van der Waals surface area contributed by atoms with Gasteiger partial charge >= 0.3 is 0 Å². The molecule has 0 spiro atoms. The van der Waals surface area contributed by atoms with Gasteiger partial charge in [-0.15, -0.1) is 0 Å². The van der Waals surface area contributed by atoms with Crippen LogP contribution in [0.1, 0.15) is 34.5 Å². The van der Waals surface area contributed by atoms with Gasteiger partial charge in [0.1, 0.15) is 4.60 Å². The van der Waals surface area contributed by atoms with Crippen LogP contribution in [0.5, 0.6) is 0 Å². The van der Waals surface area contributed by atoms with Crippen molar-refractivity contribution >= 4 is 21.8 Å². The van der Waals surface area contributed by atoms with Crippen molar-refractivity contribution in [3.05, 3.63) is 63.9 Å². The van der Waals surface area contributed by atoms with Gasteiger partial charge in [-0.25, -0.2) is 4.98 Å². The Hall–Kier alpha value is -1.68. The van der Waals surface area contributed by atoms with Gasteiger partial charge in [0.2, 0.25) is 0 Å². The summed E-state index contributed by atoms with van der Waals surface area (Å²) in [6.07, 6.45) is 1.63. The molecule has 2 aromatic rings. The predicted octanol–water partition coefficient (Wildman–Crippen LogP) is 3.99. The molecule has 0 fully saturated rings. The molecule has 0 radical (unpaired) electrons. The van der Waals surface area contributed by atoms with E-state index in [2.05, 4.69) is 52.1 Å². The molecule has 1 aromatic carbocycles. The summed E-state index contributed by atoms with van der Waals surface area (Å²) in [7, 11) is 1.82. The number of pyridine rings is 1. The lowest BCUT2D eigenvalue weighted by molar-refractivity contribution is 0.0742. The van der Waals surface area contributed by atoms with Crippen LogP contribution in [0.3, 0.4) is 0 Å². The van der Waals surface area contributed by atoms with Gasteiger partial charge in [0.05, 0.1) is 6.04 Å². The second-order valence-electron chi connectivity index (χ2n) is 4.87. The molecule has 0 saturated carbocycles. The molecule has 0 aliphatic heterocycles. The largest absolute Gasteiger partial charge is 0.335 e. The molecule has 0 aliphatic carbocycles. The Morgan fingerprint density at radius 3 is 2.50 bits per heavy atom. The fourth-order valence-corrected chi connectivity index (χ4v) is 2.35.